The Morgan fingerprint density at radius 2 is 1.85 bits per heavy atom. The van der Waals surface area contributed by atoms with Crippen molar-refractivity contribution in [2.75, 3.05) is 32.8 Å². The highest BCUT2D eigenvalue weighted by Crippen LogP contribution is 2.23. The van der Waals surface area contributed by atoms with E-state index in [1.54, 1.807) is 0 Å². The summed E-state index contributed by atoms with van der Waals surface area (Å²) < 4.78 is 0. The zero-order valence-electron chi connectivity index (χ0n) is 12.2. The largest absolute Gasteiger partial charge is 0.395 e. The summed E-state index contributed by atoms with van der Waals surface area (Å²) in [5.41, 5.74) is 2.74. The molecule has 0 aliphatic heterocycles. The van der Waals surface area contributed by atoms with E-state index in [0.717, 1.165) is 22.4 Å². The lowest BCUT2D eigenvalue weighted by molar-refractivity contribution is -0.115. The van der Waals surface area contributed by atoms with Crippen LogP contribution in [-0.4, -0.2) is 58.6 Å². The van der Waals surface area contributed by atoms with E-state index in [4.69, 9.17) is 22.4 Å². The third-order valence-corrected chi connectivity index (χ3v) is 3.89. The maximum Gasteiger partial charge on any atom is 0.164 e. The van der Waals surface area contributed by atoms with Crippen LogP contribution in [-0.2, 0) is 4.79 Å². The highest BCUT2D eigenvalue weighted by atomic mass is 32.1. The molecule has 112 valence electrons. The lowest BCUT2D eigenvalue weighted by atomic mass is 9.90. The first-order valence-electron chi connectivity index (χ1n) is 6.88. The van der Waals surface area contributed by atoms with Crippen LogP contribution in [0.2, 0.25) is 0 Å². The molecule has 2 N–H and O–H groups in total. The van der Waals surface area contributed by atoms with Gasteiger partial charge in [-0.2, -0.15) is 0 Å². The van der Waals surface area contributed by atoms with Gasteiger partial charge >= 0.3 is 0 Å². The molecule has 0 atom stereocenters. The summed E-state index contributed by atoms with van der Waals surface area (Å²) in [6, 6.07) is 0. The second kappa shape index (κ2) is 8.42. The predicted octanol–water partition coefficient (Wildman–Crippen LogP) is 1.27. The molecule has 0 fully saturated rings. The van der Waals surface area contributed by atoms with E-state index in [-0.39, 0.29) is 19.0 Å². The molecule has 0 heterocycles. The fourth-order valence-electron chi connectivity index (χ4n) is 2.24. The van der Waals surface area contributed by atoms with Crippen LogP contribution in [0.4, 0.5) is 0 Å². The minimum absolute atomic E-state index is 0.0268. The number of nitrogens with zero attached hydrogens (tertiary/aromatic N) is 1. The smallest absolute Gasteiger partial charge is 0.164 e. The van der Waals surface area contributed by atoms with Crippen molar-refractivity contribution in [3.8, 4) is 0 Å². The lowest BCUT2D eigenvalue weighted by Crippen LogP contribution is -2.32. The van der Waals surface area contributed by atoms with Gasteiger partial charge in [0.15, 0.2) is 5.78 Å². The Bertz CT molecular complexity index is 434. The number of hydrogen-bond acceptors (Lipinski definition) is 5. The highest BCUT2D eigenvalue weighted by Gasteiger charge is 2.18. The second-order valence-electron chi connectivity index (χ2n) is 5.09. The standard InChI is InChI=1S/C15H23NO3S/c1-11-9-13(12(2)15(20)10-11)14(19)3-4-16(5-7-17)6-8-18/h9,17-18H,3-8,10H2,1-2H3. The van der Waals surface area contributed by atoms with Gasteiger partial charge in [0.25, 0.3) is 0 Å². The first-order chi connectivity index (χ1) is 9.49. The van der Waals surface area contributed by atoms with Crippen LogP contribution < -0.4 is 0 Å². The summed E-state index contributed by atoms with van der Waals surface area (Å²) in [7, 11) is 0. The van der Waals surface area contributed by atoms with Gasteiger partial charge in [0.1, 0.15) is 0 Å². The minimum Gasteiger partial charge on any atom is -0.395 e. The summed E-state index contributed by atoms with van der Waals surface area (Å²) in [4.78, 5) is 15.0. The number of thiocarbonyl (C=S) groups is 1. The molecule has 0 bridgehead atoms. The van der Waals surface area contributed by atoms with Crippen molar-refractivity contribution in [2.45, 2.75) is 26.7 Å². The maximum absolute atomic E-state index is 12.3. The number of Topliss-reactive ketones (excluding diaryl/α,β-unsaturated/α-hetero) is 1. The molecule has 1 aliphatic carbocycles. The van der Waals surface area contributed by atoms with Crippen molar-refractivity contribution in [2.24, 2.45) is 0 Å². The quantitative estimate of drug-likeness (QED) is 0.661. The van der Waals surface area contributed by atoms with Crippen molar-refractivity contribution in [1.82, 2.24) is 4.90 Å². The van der Waals surface area contributed by atoms with Gasteiger partial charge < -0.3 is 10.2 Å². The van der Waals surface area contributed by atoms with Crippen molar-refractivity contribution < 1.29 is 15.0 Å². The van der Waals surface area contributed by atoms with Crippen LogP contribution in [0.1, 0.15) is 26.7 Å². The van der Waals surface area contributed by atoms with Crippen LogP contribution in [0, 0.1) is 0 Å². The van der Waals surface area contributed by atoms with E-state index < -0.39 is 0 Å². The van der Waals surface area contributed by atoms with Crippen LogP contribution in [0.3, 0.4) is 0 Å². The van der Waals surface area contributed by atoms with Gasteiger partial charge in [-0.15, -0.1) is 0 Å². The average Bonchev–Trinajstić information content (AvgIpc) is 2.40. The number of ketones is 1. The molecule has 4 nitrogen and oxygen atoms in total. The van der Waals surface area contributed by atoms with Gasteiger partial charge in [-0.1, -0.05) is 23.9 Å². The van der Waals surface area contributed by atoms with Crippen LogP contribution in [0.15, 0.2) is 22.8 Å². The van der Waals surface area contributed by atoms with Gasteiger partial charge in [-0.05, 0) is 19.4 Å². The van der Waals surface area contributed by atoms with E-state index in [0.29, 0.717) is 31.6 Å². The van der Waals surface area contributed by atoms with Crippen molar-refractivity contribution in [1.29, 1.82) is 0 Å². The molecule has 0 spiro atoms. The van der Waals surface area contributed by atoms with Gasteiger partial charge in [0, 0.05) is 42.9 Å². The van der Waals surface area contributed by atoms with Gasteiger partial charge in [-0.3, -0.25) is 9.69 Å². The van der Waals surface area contributed by atoms with E-state index in [2.05, 4.69) is 0 Å². The molecule has 0 aromatic carbocycles. The number of carbonyl (C=O) groups excluding carboxylic acids is 1. The molecule has 0 saturated carbocycles. The maximum atomic E-state index is 12.3. The van der Waals surface area contributed by atoms with Crippen molar-refractivity contribution in [3.05, 3.63) is 22.8 Å². The Kier molecular flexibility index (Phi) is 7.23. The molecular formula is C15H23NO3S. The summed E-state index contributed by atoms with van der Waals surface area (Å²) in [6.45, 7) is 5.42. The molecule has 0 unspecified atom stereocenters. The SMILES string of the molecule is CC1=CC(C(=O)CCN(CCO)CCO)=C(C)C(=S)C1. The fourth-order valence-corrected chi connectivity index (χ4v) is 2.58. The number of aliphatic hydroxyl groups excluding tert-OH is 2. The monoisotopic (exact) mass is 297 g/mol. The Morgan fingerprint density at radius 3 is 2.40 bits per heavy atom. The lowest BCUT2D eigenvalue weighted by Gasteiger charge is -2.21. The summed E-state index contributed by atoms with van der Waals surface area (Å²) >= 11 is 5.29. The summed E-state index contributed by atoms with van der Waals surface area (Å²) in [6.07, 6.45) is 3.06. The van der Waals surface area contributed by atoms with Crippen molar-refractivity contribution >= 4 is 22.9 Å². The van der Waals surface area contributed by atoms with Crippen LogP contribution >= 0.6 is 12.2 Å². The molecule has 1 aliphatic rings. The molecule has 20 heavy (non-hydrogen) atoms. The van der Waals surface area contributed by atoms with Crippen LogP contribution in [0.5, 0.6) is 0 Å². The highest BCUT2D eigenvalue weighted by molar-refractivity contribution is 7.80. The van der Waals surface area contributed by atoms with Crippen molar-refractivity contribution in [3.63, 3.8) is 0 Å². The third kappa shape index (κ3) is 4.90. The zero-order chi connectivity index (χ0) is 15.1. The molecular weight excluding hydrogens is 274 g/mol. The molecule has 0 amide bonds. The number of aliphatic hydroxyl groups is 2. The zero-order valence-corrected chi connectivity index (χ0v) is 13.0. The van der Waals surface area contributed by atoms with E-state index in [1.807, 2.05) is 24.8 Å². The van der Waals surface area contributed by atoms with Gasteiger partial charge in [0.2, 0.25) is 0 Å². The number of allylic oxidation sites excluding steroid dienone is 4. The third-order valence-electron chi connectivity index (χ3n) is 3.44. The Balaban J connectivity index is 2.66. The first kappa shape index (κ1) is 17.2. The predicted molar refractivity (Wildman–Crippen MR) is 83.9 cm³/mol. The Morgan fingerprint density at radius 1 is 1.25 bits per heavy atom. The van der Waals surface area contributed by atoms with E-state index >= 15 is 0 Å². The molecule has 0 radical (unpaired) electrons. The molecule has 0 aromatic rings. The summed E-state index contributed by atoms with van der Waals surface area (Å²) in [5, 5.41) is 17.9. The Hall–Kier alpha value is -0.880. The number of carbonyl (C=O) groups is 1. The average molecular weight is 297 g/mol. The van der Waals surface area contributed by atoms with E-state index in [9.17, 15) is 4.79 Å². The van der Waals surface area contributed by atoms with Gasteiger partial charge in [-0.25, -0.2) is 0 Å². The molecule has 5 heteroatoms. The van der Waals surface area contributed by atoms with Gasteiger partial charge in [0.05, 0.1) is 13.2 Å². The minimum atomic E-state index is 0.0268. The van der Waals surface area contributed by atoms with Crippen LogP contribution in [0.25, 0.3) is 0 Å². The summed E-state index contributed by atoms with van der Waals surface area (Å²) in [5.74, 6) is 0.0739. The second-order valence-corrected chi connectivity index (χ2v) is 5.58. The topological polar surface area (TPSA) is 60.8 Å². The normalized spacial score (nSPS) is 15.8. The number of hydrogen-bond donors (Lipinski definition) is 2. The number of rotatable bonds is 8. The Labute approximate surface area is 125 Å². The first-order valence-corrected chi connectivity index (χ1v) is 7.29. The molecule has 0 saturated heterocycles. The molecule has 1 rings (SSSR count). The fraction of sp³-hybridized carbons (Fsp3) is 0.600. The molecule has 0 aromatic heterocycles. The van der Waals surface area contributed by atoms with E-state index in [1.165, 1.54) is 0 Å².